The molecule has 0 fully saturated rings. The van der Waals surface area contributed by atoms with Gasteiger partial charge in [0.1, 0.15) is 0 Å². The maximum absolute atomic E-state index is 11.5. The van der Waals surface area contributed by atoms with Crippen LogP contribution in [0.2, 0.25) is 0 Å². The average molecular weight is 210 g/mol. The van der Waals surface area contributed by atoms with Gasteiger partial charge < -0.3 is 15.0 Å². The number of ketones is 1. The van der Waals surface area contributed by atoms with Gasteiger partial charge in [-0.1, -0.05) is 0 Å². The van der Waals surface area contributed by atoms with Crippen molar-refractivity contribution in [1.82, 2.24) is 9.88 Å². The van der Waals surface area contributed by atoms with E-state index >= 15 is 0 Å². The zero-order chi connectivity index (χ0) is 11.3. The second kappa shape index (κ2) is 5.31. The summed E-state index contributed by atoms with van der Waals surface area (Å²) < 4.78 is 1.80. The Morgan fingerprint density at radius 3 is 2.80 bits per heavy atom. The van der Waals surface area contributed by atoms with E-state index in [9.17, 15) is 9.59 Å². The van der Waals surface area contributed by atoms with Gasteiger partial charge in [-0.2, -0.15) is 0 Å². The van der Waals surface area contributed by atoms with Gasteiger partial charge >= 0.3 is 5.97 Å². The maximum atomic E-state index is 11.5. The lowest BCUT2D eigenvalue weighted by atomic mass is 10.2. The molecule has 1 aromatic heterocycles. The number of rotatable bonds is 6. The van der Waals surface area contributed by atoms with Crippen molar-refractivity contribution >= 4 is 11.8 Å². The van der Waals surface area contributed by atoms with Crippen LogP contribution >= 0.6 is 0 Å². The highest BCUT2D eigenvalue weighted by Crippen LogP contribution is 1.99. The summed E-state index contributed by atoms with van der Waals surface area (Å²) in [6.45, 7) is 0.491. The molecule has 0 radical (unpaired) electrons. The number of carboxylic acids is 1. The van der Waals surface area contributed by atoms with Crippen LogP contribution in [-0.4, -0.2) is 34.5 Å². The van der Waals surface area contributed by atoms with Gasteiger partial charge in [0.2, 0.25) is 0 Å². The Bertz CT molecular complexity index is 357. The Hall–Kier alpha value is -1.62. The zero-order valence-corrected chi connectivity index (χ0v) is 8.56. The number of Topliss-reactive ketones (excluding diaryl/α,β-unsaturated/α-hetero) is 1. The summed E-state index contributed by atoms with van der Waals surface area (Å²) in [6, 6.07) is 1.74. The van der Waals surface area contributed by atoms with E-state index in [0.717, 1.165) is 0 Å². The zero-order valence-electron chi connectivity index (χ0n) is 8.56. The van der Waals surface area contributed by atoms with Crippen molar-refractivity contribution in [3.8, 4) is 0 Å². The summed E-state index contributed by atoms with van der Waals surface area (Å²) in [4.78, 5) is 21.7. The van der Waals surface area contributed by atoms with E-state index in [1.807, 2.05) is 7.05 Å². The topological polar surface area (TPSA) is 71.3 Å². The van der Waals surface area contributed by atoms with E-state index < -0.39 is 5.97 Å². The van der Waals surface area contributed by atoms with Crippen LogP contribution in [-0.2, 0) is 11.8 Å². The number of nitrogens with zero attached hydrogens (tertiary/aromatic N) is 1. The Morgan fingerprint density at radius 2 is 2.27 bits per heavy atom. The van der Waals surface area contributed by atoms with Crippen LogP contribution < -0.4 is 5.32 Å². The molecule has 15 heavy (non-hydrogen) atoms. The lowest BCUT2D eigenvalue weighted by molar-refractivity contribution is -0.136. The summed E-state index contributed by atoms with van der Waals surface area (Å²) in [5, 5.41) is 11.2. The fraction of sp³-hybridized carbons (Fsp3) is 0.400. The Balaban J connectivity index is 2.28. The van der Waals surface area contributed by atoms with E-state index in [1.165, 1.54) is 0 Å². The molecule has 0 spiro atoms. The molecule has 5 nitrogen and oxygen atoms in total. The number of carbonyl (C=O) groups is 2. The molecule has 0 unspecified atom stereocenters. The standard InChI is InChI=1S/C10H14N2O3/c1-12-5-3-8(7-12)9(13)6-11-4-2-10(14)15/h3,5,7,11H,2,4,6H2,1H3,(H,14,15). The van der Waals surface area contributed by atoms with Crippen molar-refractivity contribution < 1.29 is 14.7 Å². The van der Waals surface area contributed by atoms with Gasteiger partial charge in [-0.3, -0.25) is 9.59 Å². The third-order valence-corrected chi connectivity index (χ3v) is 1.96. The Kier molecular flexibility index (Phi) is 4.05. The Morgan fingerprint density at radius 1 is 1.53 bits per heavy atom. The van der Waals surface area contributed by atoms with Gasteiger partial charge in [0, 0.05) is 31.5 Å². The molecule has 2 N–H and O–H groups in total. The minimum absolute atomic E-state index is 0.0269. The van der Waals surface area contributed by atoms with Gasteiger partial charge in [-0.25, -0.2) is 0 Å². The molecule has 82 valence electrons. The molecule has 0 amide bonds. The molecule has 1 heterocycles. The van der Waals surface area contributed by atoms with Crippen LogP contribution in [0.1, 0.15) is 16.8 Å². The van der Waals surface area contributed by atoms with E-state index in [2.05, 4.69) is 5.32 Å². The van der Waals surface area contributed by atoms with Gasteiger partial charge in [-0.05, 0) is 6.07 Å². The molecule has 5 heteroatoms. The lowest BCUT2D eigenvalue weighted by Gasteiger charge is -2.00. The first-order valence-electron chi connectivity index (χ1n) is 4.67. The van der Waals surface area contributed by atoms with Crippen molar-refractivity contribution in [2.24, 2.45) is 7.05 Å². The molecular weight excluding hydrogens is 196 g/mol. The van der Waals surface area contributed by atoms with Crippen molar-refractivity contribution in [2.75, 3.05) is 13.1 Å². The fourth-order valence-corrected chi connectivity index (χ4v) is 1.17. The van der Waals surface area contributed by atoms with Crippen molar-refractivity contribution in [1.29, 1.82) is 0 Å². The predicted octanol–water partition coefficient (Wildman–Crippen LogP) is 0.272. The molecular formula is C10H14N2O3. The van der Waals surface area contributed by atoms with E-state index in [0.29, 0.717) is 12.1 Å². The molecule has 0 aromatic carbocycles. The summed E-state index contributed by atoms with van der Waals surface area (Å²) in [5.41, 5.74) is 0.639. The largest absolute Gasteiger partial charge is 0.481 e. The smallest absolute Gasteiger partial charge is 0.304 e. The van der Waals surface area contributed by atoms with Gasteiger partial charge in [0.05, 0.1) is 13.0 Å². The molecule has 0 aliphatic heterocycles. The number of aryl methyl sites for hydroxylation is 1. The first-order chi connectivity index (χ1) is 7.09. The molecule has 0 aliphatic rings. The number of aromatic nitrogens is 1. The maximum Gasteiger partial charge on any atom is 0.304 e. The van der Waals surface area contributed by atoms with Gasteiger partial charge in [0.15, 0.2) is 5.78 Å². The van der Waals surface area contributed by atoms with Crippen LogP contribution in [0.15, 0.2) is 18.5 Å². The SMILES string of the molecule is Cn1ccc(C(=O)CNCCC(=O)O)c1. The van der Waals surface area contributed by atoms with Gasteiger partial charge in [0.25, 0.3) is 0 Å². The van der Waals surface area contributed by atoms with Crippen LogP contribution in [0.3, 0.4) is 0 Å². The molecule has 0 aliphatic carbocycles. The highest BCUT2D eigenvalue weighted by Gasteiger charge is 2.06. The summed E-state index contributed by atoms with van der Waals surface area (Å²) in [7, 11) is 1.84. The second-order valence-electron chi connectivity index (χ2n) is 3.31. The molecule has 1 rings (SSSR count). The number of aliphatic carboxylic acids is 1. The predicted molar refractivity (Wildman–Crippen MR) is 54.9 cm³/mol. The number of carboxylic acid groups (broad SMARTS) is 1. The van der Waals surface area contributed by atoms with Crippen LogP contribution in [0, 0.1) is 0 Å². The quantitative estimate of drug-likeness (QED) is 0.522. The van der Waals surface area contributed by atoms with E-state index in [1.54, 1.807) is 23.0 Å². The monoisotopic (exact) mass is 210 g/mol. The average Bonchev–Trinajstić information content (AvgIpc) is 2.59. The van der Waals surface area contributed by atoms with Crippen molar-refractivity contribution in [3.05, 3.63) is 24.0 Å². The third-order valence-electron chi connectivity index (χ3n) is 1.96. The summed E-state index contributed by atoms with van der Waals surface area (Å²) in [6.07, 6.45) is 3.56. The number of nitrogens with one attached hydrogen (secondary N) is 1. The van der Waals surface area contributed by atoms with E-state index in [-0.39, 0.29) is 18.7 Å². The Labute approximate surface area is 87.7 Å². The molecule has 0 atom stereocenters. The van der Waals surface area contributed by atoms with Crippen molar-refractivity contribution in [3.63, 3.8) is 0 Å². The van der Waals surface area contributed by atoms with E-state index in [4.69, 9.17) is 5.11 Å². The lowest BCUT2D eigenvalue weighted by Crippen LogP contribution is -2.25. The van der Waals surface area contributed by atoms with Crippen LogP contribution in [0.25, 0.3) is 0 Å². The molecule has 0 saturated carbocycles. The molecule has 1 aromatic rings. The third kappa shape index (κ3) is 3.95. The van der Waals surface area contributed by atoms with Crippen LogP contribution in [0.5, 0.6) is 0 Å². The number of carbonyl (C=O) groups excluding carboxylic acids is 1. The molecule has 0 bridgehead atoms. The minimum Gasteiger partial charge on any atom is -0.481 e. The normalized spacial score (nSPS) is 10.2. The summed E-state index contributed by atoms with van der Waals surface area (Å²) >= 11 is 0. The highest BCUT2D eigenvalue weighted by atomic mass is 16.4. The minimum atomic E-state index is -0.866. The summed E-state index contributed by atoms with van der Waals surface area (Å²) in [5.74, 6) is -0.893. The number of hydrogen-bond acceptors (Lipinski definition) is 3. The van der Waals surface area contributed by atoms with Crippen molar-refractivity contribution in [2.45, 2.75) is 6.42 Å². The number of hydrogen-bond donors (Lipinski definition) is 2. The van der Waals surface area contributed by atoms with Gasteiger partial charge in [-0.15, -0.1) is 0 Å². The first-order valence-corrected chi connectivity index (χ1v) is 4.67. The first kappa shape index (κ1) is 11.5. The van der Waals surface area contributed by atoms with Crippen LogP contribution in [0.4, 0.5) is 0 Å². The highest BCUT2D eigenvalue weighted by molar-refractivity contribution is 5.97. The molecule has 0 saturated heterocycles. The second-order valence-corrected chi connectivity index (χ2v) is 3.31. The fourth-order valence-electron chi connectivity index (χ4n) is 1.17.